The number of aromatic nitrogens is 2. The molecule has 20 heavy (non-hydrogen) atoms. The van der Waals surface area contributed by atoms with E-state index in [9.17, 15) is 0 Å². The smallest absolute Gasteiger partial charge is 0.134 e. The van der Waals surface area contributed by atoms with Gasteiger partial charge in [-0.1, -0.05) is 19.1 Å². The van der Waals surface area contributed by atoms with E-state index in [1.54, 1.807) is 13.4 Å². The first-order chi connectivity index (χ1) is 9.78. The van der Waals surface area contributed by atoms with Crippen LogP contribution in [0, 0.1) is 0 Å². The molecule has 1 aromatic heterocycles. The lowest BCUT2D eigenvalue weighted by Crippen LogP contribution is -2.08. The van der Waals surface area contributed by atoms with Crippen LogP contribution < -0.4 is 15.4 Å². The molecule has 2 aromatic rings. The van der Waals surface area contributed by atoms with E-state index in [1.807, 2.05) is 31.3 Å². The van der Waals surface area contributed by atoms with Crippen molar-refractivity contribution >= 4 is 11.6 Å². The monoisotopic (exact) mass is 272 g/mol. The van der Waals surface area contributed by atoms with Crippen molar-refractivity contribution in [2.24, 2.45) is 0 Å². The predicted octanol–water partition coefficient (Wildman–Crippen LogP) is 2.70. The average molecular weight is 272 g/mol. The van der Waals surface area contributed by atoms with Gasteiger partial charge in [0.2, 0.25) is 0 Å². The van der Waals surface area contributed by atoms with E-state index in [0.29, 0.717) is 0 Å². The van der Waals surface area contributed by atoms with Crippen molar-refractivity contribution in [3.8, 4) is 5.75 Å². The Balaban J connectivity index is 2.10. The second-order valence-corrected chi connectivity index (χ2v) is 4.35. The molecule has 2 rings (SSSR count). The average Bonchev–Trinajstić information content (AvgIpc) is 2.52. The number of anilines is 2. The van der Waals surface area contributed by atoms with Gasteiger partial charge >= 0.3 is 0 Å². The van der Waals surface area contributed by atoms with Crippen molar-refractivity contribution < 1.29 is 4.74 Å². The van der Waals surface area contributed by atoms with Gasteiger partial charge in [0.15, 0.2) is 0 Å². The highest BCUT2D eigenvalue weighted by molar-refractivity contribution is 5.57. The van der Waals surface area contributed by atoms with Gasteiger partial charge in [-0.2, -0.15) is 0 Å². The van der Waals surface area contributed by atoms with Crippen molar-refractivity contribution in [2.45, 2.75) is 19.9 Å². The summed E-state index contributed by atoms with van der Waals surface area (Å²) in [5.74, 6) is 2.62. The van der Waals surface area contributed by atoms with Crippen LogP contribution in [-0.4, -0.2) is 24.1 Å². The molecule has 0 saturated heterocycles. The van der Waals surface area contributed by atoms with Crippen LogP contribution in [0.4, 0.5) is 11.6 Å². The lowest BCUT2D eigenvalue weighted by Gasteiger charge is -2.13. The van der Waals surface area contributed by atoms with Crippen molar-refractivity contribution in [1.82, 2.24) is 9.97 Å². The Kier molecular flexibility index (Phi) is 4.76. The zero-order chi connectivity index (χ0) is 14.4. The van der Waals surface area contributed by atoms with Crippen molar-refractivity contribution in [2.75, 3.05) is 24.8 Å². The van der Waals surface area contributed by atoms with E-state index in [2.05, 4.69) is 27.5 Å². The summed E-state index contributed by atoms with van der Waals surface area (Å²) < 4.78 is 5.15. The highest BCUT2D eigenvalue weighted by Crippen LogP contribution is 2.20. The predicted molar refractivity (Wildman–Crippen MR) is 81.3 cm³/mol. The summed E-state index contributed by atoms with van der Waals surface area (Å²) in [5, 5.41) is 6.45. The first-order valence-electron chi connectivity index (χ1n) is 6.67. The SMILES string of the molecule is CCc1c(NC)ncnc1NCc1ccc(OC)cc1. The van der Waals surface area contributed by atoms with E-state index in [4.69, 9.17) is 4.74 Å². The molecule has 5 nitrogen and oxygen atoms in total. The molecule has 0 bridgehead atoms. The van der Waals surface area contributed by atoms with Gasteiger partial charge in [0.05, 0.1) is 7.11 Å². The van der Waals surface area contributed by atoms with Gasteiger partial charge < -0.3 is 15.4 Å². The molecule has 5 heteroatoms. The fourth-order valence-corrected chi connectivity index (χ4v) is 2.04. The number of rotatable bonds is 6. The second-order valence-electron chi connectivity index (χ2n) is 4.35. The minimum Gasteiger partial charge on any atom is -0.497 e. The number of methoxy groups -OCH3 is 1. The number of hydrogen-bond donors (Lipinski definition) is 2. The van der Waals surface area contributed by atoms with Crippen LogP contribution in [0.3, 0.4) is 0 Å². The summed E-state index contributed by atoms with van der Waals surface area (Å²) in [4.78, 5) is 8.55. The number of nitrogens with zero attached hydrogens (tertiary/aromatic N) is 2. The fourth-order valence-electron chi connectivity index (χ4n) is 2.04. The van der Waals surface area contributed by atoms with E-state index in [0.717, 1.165) is 35.9 Å². The molecule has 0 aliphatic rings. The molecule has 0 unspecified atom stereocenters. The Morgan fingerprint density at radius 1 is 1.10 bits per heavy atom. The van der Waals surface area contributed by atoms with Gasteiger partial charge in [-0.05, 0) is 24.1 Å². The first-order valence-corrected chi connectivity index (χ1v) is 6.67. The molecular formula is C15H20N4O. The third kappa shape index (κ3) is 3.17. The molecule has 0 aliphatic carbocycles. The maximum absolute atomic E-state index is 5.15. The van der Waals surface area contributed by atoms with Crippen LogP contribution in [-0.2, 0) is 13.0 Å². The second kappa shape index (κ2) is 6.75. The molecule has 0 amide bonds. The van der Waals surface area contributed by atoms with Crippen LogP contribution in [0.2, 0.25) is 0 Å². The van der Waals surface area contributed by atoms with E-state index < -0.39 is 0 Å². The minimum atomic E-state index is 0.719. The maximum atomic E-state index is 5.15. The Hall–Kier alpha value is -2.30. The summed E-state index contributed by atoms with van der Waals surface area (Å²) >= 11 is 0. The third-order valence-corrected chi connectivity index (χ3v) is 3.15. The number of ether oxygens (including phenoxy) is 1. The third-order valence-electron chi connectivity index (χ3n) is 3.15. The van der Waals surface area contributed by atoms with E-state index in [1.165, 1.54) is 5.56 Å². The van der Waals surface area contributed by atoms with Crippen molar-refractivity contribution in [3.05, 3.63) is 41.7 Å². The molecule has 0 radical (unpaired) electrons. The molecule has 0 aliphatic heterocycles. The molecular weight excluding hydrogens is 252 g/mol. The fraction of sp³-hybridized carbons (Fsp3) is 0.333. The molecule has 0 saturated carbocycles. The molecule has 0 fully saturated rings. The van der Waals surface area contributed by atoms with Crippen LogP contribution in [0.15, 0.2) is 30.6 Å². The van der Waals surface area contributed by atoms with Crippen LogP contribution >= 0.6 is 0 Å². The molecule has 1 heterocycles. The highest BCUT2D eigenvalue weighted by Gasteiger charge is 2.08. The Bertz CT molecular complexity index is 554. The van der Waals surface area contributed by atoms with Gasteiger partial charge in [0.25, 0.3) is 0 Å². The number of nitrogens with one attached hydrogen (secondary N) is 2. The minimum absolute atomic E-state index is 0.719. The van der Waals surface area contributed by atoms with Gasteiger partial charge in [0.1, 0.15) is 23.7 Å². The standard InChI is InChI=1S/C15H20N4O/c1-4-13-14(16-2)18-10-19-15(13)17-9-11-5-7-12(20-3)8-6-11/h5-8,10H,4,9H2,1-3H3,(H2,16,17,18,19). The van der Waals surface area contributed by atoms with Crippen LogP contribution in [0.25, 0.3) is 0 Å². The molecule has 2 N–H and O–H groups in total. The van der Waals surface area contributed by atoms with Gasteiger partial charge in [0, 0.05) is 19.2 Å². The van der Waals surface area contributed by atoms with Crippen LogP contribution in [0.5, 0.6) is 5.75 Å². The van der Waals surface area contributed by atoms with Gasteiger partial charge in [-0.15, -0.1) is 0 Å². The Morgan fingerprint density at radius 2 is 1.80 bits per heavy atom. The molecule has 1 aromatic carbocycles. The molecule has 0 spiro atoms. The van der Waals surface area contributed by atoms with E-state index in [-0.39, 0.29) is 0 Å². The van der Waals surface area contributed by atoms with E-state index >= 15 is 0 Å². The maximum Gasteiger partial charge on any atom is 0.134 e. The number of benzene rings is 1. The molecule has 0 atom stereocenters. The highest BCUT2D eigenvalue weighted by atomic mass is 16.5. The summed E-state index contributed by atoms with van der Waals surface area (Å²) in [7, 11) is 3.54. The zero-order valence-electron chi connectivity index (χ0n) is 12.1. The van der Waals surface area contributed by atoms with Crippen LogP contribution in [0.1, 0.15) is 18.1 Å². The summed E-state index contributed by atoms with van der Waals surface area (Å²) in [5.41, 5.74) is 2.28. The summed E-state index contributed by atoms with van der Waals surface area (Å²) in [6.45, 7) is 2.81. The lowest BCUT2D eigenvalue weighted by atomic mass is 10.2. The largest absolute Gasteiger partial charge is 0.497 e. The quantitative estimate of drug-likeness (QED) is 0.846. The summed E-state index contributed by atoms with van der Waals surface area (Å²) in [6.07, 6.45) is 2.45. The van der Waals surface area contributed by atoms with Crippen molar-refractivity contribution in [1.29, 1.82) is 0 Å². The number of hydrogen-bond acceptors (Lipinski definition) is 5. The van der Waals surface area contributed by atoms with Crippen molar-refractivity contribution in [3.63, 3.8) is 0 Å². The summed E-state index contributed by atoms with van der Waals surface area (Å²) in [6, 6.07) is 7.99. The normalized spacial score (nSPS) is 10.2. The lowest BCUT2D eigenvalue weighted by molar-refractivity contribution is 0.414. The zero-order valence-corrected chi connectivity index (χ0v) is 12.1. The van der Waals surface area contributed by atoms with Gasteiger partial charge in [-0.3, -0.25) is 0 Å². The Labute approximate surface area is 119 Å². The van der Waals surface area contributed by atoms with Gasteiger partial charge in [-0.25, -0.2) is 9.97 Å². The molecule has 106 valence electrons. The first kappa shape index (κ1) is 14.1. The Morgan fingerprint density at radius 3 is 2.40 bits per heavy atom. The topological polar surface area (TPSA) is 59.1 Å².